The topological polar surface area (TPSA) is 89.4 Å². The SMILES string of the molecule is COC(=O)Cc1cnc(C2CCC(C(=O)O)CC2)nc1. The van der Waals surface area contributed by atoms with Crippen LogP contribution < -0.4 is 0 Å². The summed E-state index contributed by atoms with van der Waals surface area (Å²) in [6.45, 7) is 0. The van der Waals surface area contributed by atoms with Gasteiger partial charge in [-0.05, 0) is 31.2 Å². The number of carbonyl (C=O) groups is 2. The van der Waals surface area contributed by atoms with E-state index in [2.05, 4.69) is 14.7 Å². The highest BCUT2D eigenvalue weighted by atomic mass is 16.5. The Hall–Kier alpha value is -1.98. The molecule has 0 aliphatic heterocycles. The highest BCUT2D eigenvalue weighted by Gasteiger charge is 2.27. The van der Waals surface area contributed by atoms with E-state index in [0.29, 0.717) is 12.8 Å². The Morgan fingerprint density at radius 3 is 2.35 bits per heavy atom. The fraction of sp³-hybridized carbons (Fsp3) is 0.571. The van der Waals surface area contributed by atoms with Crippen molar-refractivity contribution in [3.63, 3.8) is 0 Å². The van der Waals surface area contributed by atoms with E-state index in [0.717, 1.165) is 24.2 Å². The molecule has 0 saturated heterocycles. The van der Waals surface area contributed by atoms with Crippen LogP contribution in [0.1, 0.15) is 43.0 Å². The van der Waals surface area contributed by atoms with E-state index in [9.17, 15) is 9.59 Å². The van der Waals surface area contributed by atoms with E-state index in [1.165, 1.54) is 7.11 Å². The van der Waals surface area contributed by atoms with Crippen LogP contribution >= 0.6 is 0 Å². The van der Waals surface area contributed by atoms with Gasteiger partial charge in [0.05, 0.1) is 19.4 Å². The molecule has 0 bridgehead atoms. The van der Waals surface area contributed by atoms with Gasteiger partial charge in [-0.2, -0.15) is 0 Å². The van der Waals surface area contributed by atoms with Crippen molar-refractivity contribution < 1.29 is 19.4 Å². The first kappa shape index (κ1) is 14.4. The van der Waals surface area contributed by atoms with Crippen LogP contribution in [0.5, 0.6) is 0 Å². The Bertz CT molecular complexity index is 478. The third kappa shape index (κ3) is 3.53. The minimum Gasteiger partial charge on any atom is -0.481 e. The van der Waals surface area contributed by atoms with Crippen molar-refractivity contribution in [2.75, 3.05) is 7.11 Å². The Morgan fingerprint density at radius 1 is 1.25 bits per heavy atom. The minimum absolute atomic E-state index is 0.169. The second kappa shape index (κ2) is 6.45. The van der Waals surface area contributed by atoms with E-state index < -0.39 is 5.97 Å². The van der Waals surface area contributed by atoms with Crippen LogP contribution in [-0.2, 0) is 20.7 Å². The Balaban J connectivity index is 1.94. The number of carboxylic acid groups (broad SMARTS) is 1. The van der Waals surface area contributed by atoms with Gasteiger partial charge >= 0.3 is 11.9 Å². The van der Waals surface area contributed by atoms with Crippen LogP contribution in [0.2, 0.25) is 0 Å². The number of aromatic nitrogens is 2. The lowest BCUT2D eigenvalue weighted by Gasteiger charge is -2.24. The fourth-order valence-electron chi connectivity index (χ4n) is 2.50. The molecule has 0 aromatic carbocycles. The summed E-state index contributed by atoms with van der Waals surface area (Å²) in [4.78, 5) is 30.6. The summed E-state index contributed by atoms with van der Waals surface area (Å²) < 4.78 is 4.58. The van der Waals surface area contributed by atoms with Gasteiger partial charge in [0.1, 0.15) is 5.82 Å². The number of carboxylic acids is 1. The fourth-order valence-corrected chi connectivity index (χ4v) is 2.50. The highest BCUT2D eigenvalue weighted by molar-refractivity contribution is 5.72. The molecule has 20 heavy (non-hydrogen) atoms. The second-order valence-corrected chi connectivity index (χ2v) is 5.09. The first-order valence-electron chi connectivity index (χ1n) is 6.70. The predicted octanol–water partition coefficient (Wildman–Crippen LogP) is 1.55. The molecule has 1 aliphatic rings. The third-order valence-corrected chi connectivity index (χ3v) is 3.74. The van der Waals surface area contributed by atoms with Crippen molar-refractivity contribution in [3.05, 3.63) is 23.8 Å². The number of aliphatic carboxylic acids is 1. The molecule has 0 atom stereocenters. The lowest BCUT2D eigenvalue weighted by atomic mass is 9.81. The summed E-state index contributed by atoms with van der Waals surface area (Å²) in [7, 11) is 1.35. The molecule has 0 radical (unpaired) electrons. The molecule has 0 unspecified atom stereocenters. The number of hydrogen-bond acceptors (Lipinski definition) is 5. The van der Waals surface area contributed by atoms with E-state index in [1.807, 2.05) is 0 Å². The zero-order chi connectivity index (χ0) is 14.5. The molecular formula is C14H18N2O4. The third-order valence-electron chi connectivity index (χ3n) is 3.74. The van der Waals surface area contributed by atoms with Gasteiger partial charge in [0.2, 0.25) is 0 Å². The molecule has 1 fully saturated rings. The van der Waals surface area contributed by atoms with Crippen molar-refractivity contribution in [1.29, 1.82) is 0 Å². The molecule has 6 heteroatoms. The summed E-state index contributed by atoms with van der Waals surface area (Å²) in [5.74, 6) is -0.300. The molecule has 108 valence electrons. The molecule has 1 aromatic rings. The Morgan fingerprint density at radius 2 is 1.85 bits per heavy atom. The molecule has 2 rings (SSSR count). The maximum Gasteiger partial charge on any atom is 0.310 e. The molecule has 1 saturated carbocycles. The number of ether oxygens (including phenoxy) is 1. The molecular weight excluding hydrogens is 260 g/mol. The minimum atomic E-state index is -0.710. The molecule has 1 N–H and O–H groups in total. The zero-order valence-corrected chi connectivity index (χ0v) is 11.4. The number of hydrogen-bond donors (Lipinski definition) is 1. The van der Waals surface area contributed by atoms with Gasteiger partial charge in [-0.3, -0.25) is 9.59 Å². The van der Waals surface area contributed by atoms with E-state index in [1.54, 1.807) is 12.4 Å². The quantitative estimate of drug-likeness (QED) is 0.840. The maximum atomic E-state index is 11.1. The van der Waals surface area contributed by atoms with Crippen LogP contribution in [-0.4, -0.2) is 34.1 Å². The van der Waals surface area contributed by atoms with Crippen molar-refractivity contribution in [2.45, 2.75) is 38.0 Å². The zero-order valence-electron chi connectivity index (χ0n) is 11.4. The monoisotopic (exact) mass is 278 g/mol. The number of methoxy groups -OCH3 is 1. The van der Waals surface area contributed by atoms with E-state index in [4.69, 9.17) is 5.11 Å². The lowest BCUT2D eigenvalue weighted by Crippen LogP contribution is -2.21. The average molecular weight is 278 g/mol. The summed E-state index contributed by atoms with van der Waals surface area (Å²) >= 11 is 0. The number of nitrogens with zero attached hydrogens (tertiary/aromatic N) is 2. The Labute approximate surface area is 117 Å². The molecule has 1 heterocycles. The van der Waals surface area contributed by atoms with Gasteiger partial charge in [0.25, 0.3) is 0 Å². The number of esters is 1. The molecule has 6 nitrogen and oxygen atoms in total. The van der Waals surface area contributed by atoms with Crippen molar-refractivity contribution in [1.82, 2.24) is 9.97 Å². The standard InChI is InChI=1S/C14H18N2O4/c1-20-12(17)6-9-7-15-13(16-8-9)10-2-4-11(5-3-10)14(18)19/h7-8,10-11H,2-6H2,1H3,(H,18,19). The molecule has 0 spiro atoms. The smallest absolute Gasteiger partial charge is 0.310 e. The molecule has 1 aliphatic carbocycles. The van der Waals surface area contributed by atoms with Crippen LogP contribution in [0.4, 0.5) is 0 Å². The Kier molecular flexibility index (Phi) is 4.65. The van der Waals surface area contributed by atoms with Crippen LogP contribution in [0.3, 0.4) is 0 Å². The van der Waals surface area contributed by atoms with E-state index in [-0.39, 0.29) is 24.2 Å². The van der Waals surface area contributed by atoms with Gasteiger partial charge in [0.15, 0.2) is 0 Å². The summed E-state index contributed by atoms with van der Waals surface area (Å²) in [5.41, 5.74) is 0.722. The van der Waals surface area contributed by atoms with Crippen LogP contribution in [0, 0.1) is 5.92 Å². The van der Waals surface area contributed by atoms with Crippen molar-refractivity contribution in [3.8, 4) is 0 Å². The highest BCUT2D eigenvalue weighted by Crippen LogP contribution is 2.34. The molecule has 1 aromatic heterocycles. The summed E-state index contributed by atoms with van der Waals surface area (Å²) in [6.07, 6.45) is 6.40. The number of rotatable bonds is 4. The number of carbonyl (C=O) groups excluding carboxylic acids is 1. The lowest BCUT2D eigenvalue weighted by molar-refractivity contribution is -0.143. The normalized spacial score (nSPS) is 22.2. The van der Waals surface area contributed by atoms with Crippen LogP contribution in [0.15, 0.2) is 12.4 Å². The van der Waals surface area contributed by atoms with Gasteiger partial charge in [-0.25, -0.2) is 9.97 Å². The second-order valence-electron chi connectivity index (χ2n) is 5.09. The van der Waals surface area contributed by atoms with Crippen molar-refractivity contribution >= 4 is 11.9 Å². The van der Waals surface area contributed by atoms with Crippen molar-refractivity contribution in [2.24, 2.45) is 5.92 Å². The van der Waals surface area contributed by atoms with Gasteiger partial charge in [-0.1, -0.05) is 0 Å². The largest absolute Gasteiger partial charge is 0.481 e. The van der Waals surface area contributed by atoms with Gasteiger partial charge in [-0.15, -0.1) is 0 Å². The first-order chi connectivity index (χ1) is 9.60. The van der Waals surface area contributed by atoms with E-state index >= 15 is 0 Å². The van der Waals surface area contributed by atoms with Crippen LogP contribution in [0.25, 0.3) is 0 Å². The summed E-state index contributed by atoms with van der Waals surface area (Å²) in [5, 5.41) is 8.96. The first-order valence-corrected chi connectivity index (χ1v) is 6.70. The predicted molar refractivity (Wildman–Crippen MR) is 70.1 cm³/mol. The summed E-state index contributed by atoms with van der Waals surface area (Å²) in [6, 6.07) is 0. The van der Waals surface area contributed by atoms with Gasteiger partial charge in [0, 0.05) is 18.3 Å². The average Bonchev–Trinajstić information content (AvgIpc) is 2.48. The molecule has 0 amide bonds. The maximum absolute atomic E-state index is 11.1. The van der Waals surface area contributed by atoms with Gasteiger partial charge < -0.3 is 9.84 Å².